The van der Waals surface area contributed by atoms with Gasteiger partial charge in [-0.05, 0) is 34.4 Å². The van der Waals surface area contributed by atoms with Gasteiger partial charge in [0.1, 0.15) is 29.2 Å². The predicted molar refractivity (Wildman–Crippen MR) is 116 cm³/mol. The van der Waals surface area contributed by atoms with E-state index in [9.17, 15) is 9.59 Å². The maximum absolute atomic E-state index is 12.5. The van der Waals surface area contributed by atoms with Crippen LogP contribution in [0.15, 0.2) is 48.8 Å². The number of hydrogen-bond acceptors (Lipinski definition) is 6. The fourth-order valence-corrected chi connectivity index (χ4v) is 3.85. The molecule has 0 saturated heterocycles. The summed E-state index contributed by atoms with van der Waals surface area (Å²) >= 11 is 0. The van der Waals surface area contributed by atoms with E-state index in [1.807, 2.05) is 36.4 Å². The van der Waals surface area contributed by atoms with Crippen molar-refractivity contribution in [3.05, 3.63) is 82.4 Å². The topological polar surface area (TPSA) is 102 Å². The minimum absolute atomic E-state index is 0.143. The lowest BCUT2D eigenvalue weighted by molar-refractivity contribution is 0.0944. The van der Waals surface area contributed by atoms with Crippen molar-refractivity contribution < 1.29 is 19.1 Å². The molecule has 0 spiro atoms. The van der Waals surface area contributed by atoms with Crippen molar-refractivity contribution in [1.29, 1.82) is 0 Å². The molecule has 2 aromatic carbocycles. The Morgan fingerprint density at radius 2 is 1.25 bits per heavy atom. The van der Waals surface area contributed by atoms with Crippen molar-refractivity contribution in [2.24, 2.45) is 0 Å². The Hall–Kier alpha value is -3.94. The molecule has 0 unspecified atom stereocenters. The van der Waals surface area contributed by atoms with E-state index in [-0.39, 0.29) is 23.2 Å². The van der Waals surface area contributed by atoms with Gasteiger partial charge in [-0.1, -0.05) is 24.3 Å². The number of amides is 2. The number of aromatic nitrogens is 2. The van der Waals surface area contributed by atoms with Gasteiger partial charge in [-0.25, -0.2) is 9.97 Å². The van der Waals surface area contributed by atoms with Gasteiger partial charge in [0.25, 0.3) is 11.8 Å². The van der Waals surface area contributed by atoms with Gasteiger partial charge >= 0.3 is 0 Å². The molecule has 0 bridgehead atoms. The predicted octanol–water partition coefficient (Wildman–Crippen LogP) is 2.21. The lowest BCUT2D eigenvalue weighted by Crippen LogP contribution is -2.27. The maximum Gasteiger partial charge on any atom is 0.270 e. The van der Waals surface area contributed by atoms with Crippen molar-refractivity contribution in [3.63, 3.8) is 0 Å². The maximum atomic E-state index is 12.5. The van der Waals surface area contributed by atoms with Gasteiger partial charge in [-0.15, -0.1) is 0 Å². The Morgan fingerprint density at radius 1 is 0.750 bits per heavy atom. The zero-order valence-electron chi connectivity index (χ0n) is 17.4. The highest BCUT2D eigenvalue weighted by atomic mass is 16.5. The van der Waals surface area contributed by atoms with Crippen molar-refractivity contribution in [1.82, 2.24) is 20.6 Å². The quantitative estimate of drug-likeness (QED) is 0.622. The van der Waals surface area contributed by atoms with E-state index in [1.165, 1.54) is 12.4 Å². The molecule has 2 N–H and O–H groups in total. The van der Waals surface area contributed by atoms with E-state index in [0.29, 0.717) is 26.3 Å². The van der Waals surface area contributed by atoms with Crippen LogP contribution in [-0.2, 0) is 25.9 Å². The molecule has 3 aromatic rings. The van der Waals surface area contributed by atoms with Crippen LogP contribution in [0.4, 0.5) is 0 Å². The first-order chi connectivity index (χ1) is 15.7. The minimum atomic E-state index is -0.364. The number of nitrogens with zero attached hydrogens (tertiary/aromatic N) is 2. The van der Waals surface area contributed by atoms with E-state index in [1.54, 1.807) is 0 Å². The molecule has 2 amide bonds. The van der Waals surface area contributed by atoms with E-state index < -0.39 is 0 Å². The second-order valence-corrected chi connectivity index (χ2v) is 7.73. The number of hydrogen-bond donors (Lipinski definition) is 2. The number of carbonyl (C=O) groups is 2. The number of benzene rings is 2. The molecule has 0 fully saturated rings. The smallest absolute Gasteiger partial charge is 0.270 e. The normalized spacial score (nSPS) is 13.5. The molecule has 3 heterocycles. The van der Waals surface area contributed by atoms with Gasteiger partial charge in [0.05, 0.1) is 13.2 Å². The zero-order valence-corrected chi connectivity index (χ0v) is 17.4. The molecule has 5 rings (SSSR count). The molecule has 0 atom stereocenters. The molecule has 2 aliphatic heterocycles. The van der Waals surface area contributed by atoms with Crippen molar-refractivity contribution in [2.45, 2.75) is 25.9 Å². The van der Waals surface area contributed by atoms with E-state index in [4.69, 9.17) is 9.47 Å². The molecule has 8 heteroatoms. The van der Waals surface area contributed by atoms with E-state index in [0.717, 1.165) is 46.6 Å². The van der Waals surface area contributed by atoms with Crippen LogP contribution < -0.4 is 20.1 Å². The third kappa shape index (κ3) is 4.25. The standard InChI is InChI=1S/C24H22N4O4/c29-23(25-12-15-1-3-21-17(9-15)5-7-31-21)19-11-20(28-14-27-19)24(30)26-13-16-2-4-22-18(10-16)6-8-32-22/h1-4,9-11,14H,5-8,12-13H2,(H,25,29)(H,26,30). The fraction of sp³-hybridized carbons (Fsp3) is 0.250. The van der Waals surface area contributed by atoms with Crippen molar-refractivity contribution >= 4 is 11.8 Å². The van der Waals surface area contributed by atoms with Crippen LogP contribution >= 0.6 is 0 Å². The Balaban J connectivity index is 1.19. The van der Waals surface area contributed by atoms with Gasteiger partial charge in [0.15, 0.2) is 0 Å². The molecule has 1 aromatic heterocycles. The van der Waals surface area contributed by atoms with Crippen LogP contribution in [0.2, 0.25) is 0 Å². The molecular formula is C24H22N4O4. The zero-order chi connectivity index (χ0) is 21.9. The summed E-state index contributed by atoms with van der Waals surface area (Å²) in [5.41, 5.74) is 4.54. The first kappa shape index (κ1) is 20.0. The second kappa shape index (κ2) is 8.66. The third-order valence-electron chi connectivity index (χ3n) is 5.55. The highest BCUT2D eigenvalue weighted by molar-refractivity contribution is 5.97. The number of ether oxygens (including phenoxy) is 2. The van der Waals surface area contributed by atoms with Gasteiger partial charge in [0.2, 0.25) is 0 Å². The summed E-state index contributed by atoms with van der Waals surface area (Å²) < 4.78 is 11.0. The SMILES string of the molecule is O=C(NCc1ccc2c(c1)CCO2)c1cc(C(=O)NCc2ccc3c(c2)CCO3)ncn1. The largest absolute Gasteiger partial charge is 0.493 e. The highest BCUT2D eigenvalue weighted by Crippen LogP contribution is 2.26. The summed E-state index contributed by atoms with van der Waals surface area (Å²) in [4.78, 5) is 33.1. The summed E-state index contributed by atoms with van der Waals surface area (Å²) in [5.74, 6) is 1.08. The third-order valence-corrected chi connectivity index (χ3v) is 5.55. The molecule has 8 nitrogen and oxygen atoms in total. The monoisotopic (exact) mass is 430 g/mol. The number of fused-ring (bicyclic) bond motifs is 2. The van der Waals surface area contributed by atoms with Crippen molar-refractivity contribution in [3.8, 4) is 11.5 Å². The van der Waals surface area contributed by atoms with Gasteiger partial charge in [-0.2, -0.15) is 0 Å². The fourth-order valence-electron chi connectivity index (χ4n) is 3.85. The first-order valence-electron chi connectivity index (χ1n) is 10.5. The molecule has 2 aliphatic rings. The Bertz CT molecular complexity index is 1110. The summed E-state index contributed by atoms with van der Waals surface area (Å²) in [6, 6.07) is 13.2. The van der Waals surface area contributed by atoms with Crippen LogP contribution in [0.25, 0.3) is 0 Å². The number of rotatable bonds is 6. The van der Waals surface area contributed by atoms with Crippen LogP contribution in [-0.4, -0.2) is 35.0 Å². The average molecular weight is 430 g/mol. The van der Waals surface area contributed by atoms with Crippen LogP contribution in [0, 0.1) is 0 Å². The Morgan fingerprint density at radius 3 is 1.75 bits per heavy atom. The summed E-state index contributed by atoms with van der Waals surface area (Å²) in [5, 5.41) is 5.68. The lowest BCUT2D eigenvalue weighted by Gasteiger charge is -2.08. The molecule has 162 valence electrons. The second-order valence-electron chi connectivity index (χ2n) is 7.73. The Kier molecular flexibility index (Phi) is 5.41. The average Bonchev–Trinajstić information content (AvgIpc) is 3.49. The minimum Gasteiger partial charge on any atom is -0.493 e. The molecular weight excluding hydrogens is 408 g/mol. The lowest BCUT2D eigenvalue weighted by atomic mass is 10.1. The summed E-state index contributed by atoms with van der Waals surface area (Å²) in [7, 11) is 0. The molecule has 32 heavy (non-hydrogen) atoms. The van der Waals surface area contributed by atoms with E-state index >= 15 is 0 Å². The van der Waals surface area contributed by atoms with Crippen LogP contribution in [0.5, 0.6) is 11.5 Å². The van der Waals surface area contributed by atoms with E-state index in [2.05, 4.69) is 20.6 Å². The first-order valence-corrected chi connectivity index (χ1v) is 10.5. The summed E-state index contributed by atoms with van der Waals surface area (Å²) in [6.45, 7) is 2.11. The van der Waals surface area contributed by atoms with Crippen LogP contribution in [0.3, 0.4) is 0 Å². The summed E-state index contributed by atoms with van der Waals surface area (Å²) in [6.07, 6.45) is 2.98. The van der Waals surface area contributed by atoms with Gasteiger partial charge in [-0.3, -0.25) is 9.59 Å². The van der Waals surface area contributed by atoms with Gasteiger partial charge in [0, 0.05) is 32.0 Å². The highest BCUT2D eigenvalue weighted by Gasteiger charge is 2.16. The number of nitrogens with one attached hydrogen (secondary N) is 2. The molecule has 0 radical (unpaired) electrons. The van der Waals surface area contributed by atoms with Crippen LogP contribution in [0.1, 0.15) is 43.2 Å². The molecule has 0 aliphatic carbocycles. The Labute approximate surface area is 185 Å². The number of carbonyl (C=O) groups excluding carboxylic acids is 2. The van der Waals surface area contributed by atoms with Gasteiger partial charge < -0.3 is 20.1 Å². The van der Waals surface area contributed by atoms with Crippen molar-refractivity contribution in [2.75, 3.05) is 13.2 Å². The molecule has 0 saturated carbocycles.